The monoisotopic (exact) mass is 171 g/mol. The minimum Gasteiger partial charge on any atom is -0.468 e. The number of nitrogens with one attached hydrogen (secondary N) is 1. The Hall–Kier alpha value is -0.570. The molecule has 3 heteroatoms. The molecule has 0 aromatic rings. The van der Waals surface area contributed by atoms with Crippen LogP contribution in [-0.4, -0.2) is 25.7 Å². The summed E-state index contributed by atoms with van der Waals surface area (Å²) in [6, 6.07) is -0.0741. The first-order valence-corrected chi connectivity index (χ1v) is 4.48. The summed E-state index contributed by atoms with van der Waals surface area (Å²) in [5.74, 6) is 0.868. The van der Waals surface area contributed by atoms with E-state index in [4.69, 9.17) is 4.74 Å². The zero-order valence-electron chi connectivity index (χ0n) is 7.96. The molecule has 0 saturated carbocycles. The Kier molecular flexibility index (Phi) is 3.09. The Morgan fingerprint density at radius 2 is 2.25 bits per heavy atom. The van der Waals surface area contributed by atoms with Crippen molar-refractivity contribution in [3.05, 3.63) is 0 Å². The van der Waals surface area contributed by atoms with E-state index in [2.05, 4.69) is 19.2 Å². The first-order chi connectivity index (χ1) is 5.66. The molecule has 1 saturated heterocycles. The molecule has 0 aromatic heterocycles. The molecule has 1 N–H and O–H groups in total. The van der Waals surface area contributed by atoms with E-state index in [1.165, 1.54) is 7.11 Å². The van der Waals surface area contributed by atoms with E-state index >= 15 is 0 Å². The average molecular weight is 171 g/mol. The van der Waals surface area contributed by atoms with Crippen molar-refractivity contribution in [1.82, 2.24) is 5.32 Å². The van der Waals surface area contributed by atoms with Crippen LogP contribution in [0.5, 0.6) is 0 Å². The highest BCUT2D eigenvalue weighted by Gasteiger charge is 2.34. The van der Waals surface area contributed by atoms with Gasteiger partial charge in [0.15, 0.2) is 0 Å². The predicted octanol–water partition coefficient (Wildman–Crippen LogP) is 0.793. The molecule has 12 heavy (non-hydrogen) atoms. The van der Waals surface area contributed by atoms with E-state index in [0.717, 1.165) is 13.0 Å². The molecule has 1 heterocycles. The summed E-state index contributed by atoms with van der Waals surface area (Å²) < 4.78 is 4.71. The van der Waals surface area contributed by atoms with Crippen LogP contribution in [0.25, 0.3) is 0 Å². The normalized spacial score (nSPS) is 29.3. The molecule has 3 nitrogen and oxygen atoms in total. The number of methoxy groups -OCH3 is 1. The summed E-state index contributed by atoms with van der Waals surface area (Å²) in [6.07, 6.45) is 1.08. The van der Waals surface area contributed by atoms with Crippen LogP contribution in [0.4, 0.5) is 0 Å². The van der Waals surface area contributed by atoms with Crippen molar-refractivity contribution in [2.45, 2.75) is 26.3 Å². The molecule has 1 aliphatic heterocycles. The number of esters is 1. The third-order valence-electron chi connectivity index (χ3n) is 2.58. The maximum atomic E-state index is 11.2. The summed E-state index contributed by atoms with van der Waals surface area (Å²) in [5, 5.41) is 3.16. The molecule has 0 bridgehead atoms. The number of hydrogen-bond acceptors (Lipinski definition) is 3. The van der Waals surface area contributed by atoms with E-state index in [-0.39, 0.29) is 12.0 Å². The number of hydrogen-bond donors (Lipinski definition) is 1. The van der Waals surface area contributed by atoms with Crippen LogP contribution in [0.2, 0.25) is 0 Å². The van der Waals surface area contributed by atoms with Gasteiger partial charge in [-0.1, -0.05) is 13.8 Å². The molecular weight excluding hydrogens is 154 g/mol. The van der Waals surface area contributed by atoms with E-state index in [9.17, 15) is 4.79 Å². The number of carbonyl (C=O) groups is 1. The van der Waals surface area contributed by atoms with Crippen LogP contribution in [-0.2, 0) is 9.53 Å². The van der Waals surface area contributed by atoms with Gasteiger partial charge in [0.05, 0.1) is 7.11 Å². The Bertz CT molecular complexity index is 168. The fourth-order valence-electron chi connectivity index (χ4n) is 1.83. The van der Waals surface area contributed by atoms with Gasteiger partial charge in [-0.2, -0.15) is 0 Å². The predicted molar refractivity (Wildman–Crippen MR) is 46.8 cm³/mol. The van der Waals surface area contributed by atoms with Gasteiger partial charge in [-0.15, -0.1) is 0 Å². The molecule has 1 fully saturated rings. The van der Waals surface area contributed by atoms with Gasteiger partial charge in [0.2, 0.25) is 0 Å². The van der Waals surface area contributed by atoms with Crippen molar-refractivity contribution in [3.8, 4) is 0 Å². The lowest BCUT2D eigenvalue weighted by atomic mass is 9.89. The quantitative estimate of drug-likeness (QED) is 0.624. The van der Waals surface area contributed by atoms with Gasteiger partial charge in [0.25, 0.3) is 0 Å². The molecule has 0 radical (unpaired) electrons. The minimum atomic E-state index is -0.119. The van der Waals surface area contributed by atoms with Crippen molar-refractivity contribution < 1.29 is 9.53 Å². The van der Waals surface area contributed by atoms with Crippen molar-refractivity contribution in [2.75, 3.05) is 13.7 Å². The average Bonchev–Trinajstić information content (AvgIpc) is 2.50. The first-order valence-electron chi connectivity index (χ1n) is 4.48. The van der Waals surface area contributed by atoms with Crippen molar-refractivity contribution in [3.63, 3.8) is 0 Å². The molecule has 1 rings (SSSR count). The Morgan fingerprint density at radius 3 is 2.75 bits per heavy atom. The summed E-state index contributed by atoms with van der Waals surface area (Å²) in [5.41, 5.74) is 0. The SMILES string of the molecule is COC(=O)[C@H]1NCC[C@H]1C(C)C. The van der Waals surface area contributed by atoms with E-state index < -0.39 is 0 Å². The summed E-state index contributed by atoms with van der Waals surface area (Å²) in [4.78, 5) is 11.2. The van der Waals surface area contributed by atoms with Crippen LogP contribution in [0.1, 0.15) is 20.3 Å². The zero-order chi connectivity index (χ0) is 9.14. The highest BCUT2D eigenvalue weighted by Crippen LogP contribution is 2.24. The molecule has 70 valence electrons. The summed E-state index contributed by atoms with van der Waals surface area (Å²) >= 11 is 0. The molecule has 1 aliphatic rings. The summed E-state index contributed by atoms with van der Waals surface area (Å²) in [7, 11) is 1.44. The Labute approximate surface area is 73.5 Å². The van der Waals surface area contributed by atoms with Crippen molar-refractivity contribution in [2.24, 2.45) is 11.8 Å². The molecule has 0 unspecified atom stereocenters. The topological polar surface area (TPSA) is 38.3 Å². The smallest absolute Gasteiger partial charge is 0.323 e. The van der Waals surface area contributed by atoms with Crippen molar-refractivity contribution >= 4 is 5.97 Å². The van der Waals surface area contributed by atoms with Crippen LogP contribution in [0, 0.1) is 11.8 Å². The fraction of sp³-hybridized carbons (Fsp3) is 0.889. The van der Waals surface area contributed by atoms with Gasteiger partial charge >= 0.3 is 5.97 Å². The Morgan fingerprint density at radius 1 is 1.58 bits per heavy atom. The maximum Gasteiger partial charge on any atom is 0.323 e. The zero-order valence-corrected chi connectivity index (χ0v) is 7.96. The number of carbonyl (C=O) groups excluding carboxylic acids is 1. The second kappa shape index (κ2) is 3.90. The number of ether oxygens (including phenoxy) is 1. The van der Waals surface area contributed by atoms with Crippen LogP contribution >= 0.6 is 0 Å². The molecule has 2 atom stereocenters. The minimum absolute atomic E-state index is 0.0741. The highest BCUT2D eigenvalue weighted by atomic mass is 16.5. The molecule has 0 amide bonds. The van der Waals surface area contributed by atoms with Gasteiger partial charge in [-0.25, -0.2) is 0 Å². The lowest BCUT2D eigenvalue weighted by molar-refractivity contribution is -0.144. The van der Waals surface area contributed by atoms with Crippen LogP contribution < -0.4 is 5.32 Å². The second-order valence-electron chi connectivity index (χ2n) is 3.65. The highest BCUT2D eigenvalue weighted by molar-refractivity contribution is 5.76. The van der Waals surface area contributed by atoms with Crippen LogP contribution in [0.3, 0.4) is 0 Å². The Balaban J connectivity index is 2.57. The third-order valence-corrected chi connectivity index (χ3v) is 2.58. The molecule has 0 aromatic carbocycles. The molecule has 0 spiro atoms. The van der Waals surface area contributed by atoms with Gasteiger partial charge in [0.1, 0.15) is 6.04 Å². The molecule has 0 aliphatic carbocycles. The van der Waals surface area contributed by atoms with E-state index in [0.29, 0.717) is 11.8 Å². The lowest BCUT2D eigenvalue weighted by Gasteiger charge is -2.20. The third kappa shape index (κ3) is 1.78. The van der Waals surface area contributed by atoms with Crippen LogP contribution in [0.15, 0.2) is 0 Å². The lowest BCUT2D eigenvalue weighted by Crippen LogP contribution is -2.38. The largest absolute Gasteiger partial charge is 0.468 e. The first kappa shape index (κ1) is 9.52. The number of rotatable bonds is 2. The maximum absolute atomic E-state index is 11.2. The van der Waals surface area contributed by atoms with Crippen molar-refractivity contribution in [1.29, 1.82) is 0 Å². The molecular formula is C9H17NO2. The standard InChI is InChI=1S/C9H17NO2/c1-6(2)7-4-5-10-8(7)9(11)12-3/h6-8,10H,4-5H2,1-3H3/t7-,8-/m0/s1. The second-order valence-corrected chi connectivity index (χ2v) is 3.65. The fourth-order valence-corrected chi connectivity index (χ4v) is 1.83. The van der Waals surface area contributed by atoms with Gasteiger partial charge in [-0.3, -0.25) is 4.79 Å². The van der Waals surface area contributed by atoms with Gasteiger partial charge in [-0.05, 0) is 24.8 Å². The summed E-state index contributed by atoms with van der Waals surface area (Å²) in [6.45, 7) is 5.23. The van der Waals surface area contributed by atoms with Gasteiger partial charge in [0, 0.05) is 0 Å². The van der Waals surface area contributed by atoms with E-state index in [1.54, 1.807) is 0 Å². The van der Waals surface area contributed by atoms with Gasteiger partial charge < -0.3 is 10.1 Å². The van der Waals surface area contributed by atoms with E-state index in [1.807, 2.05) is 0 Å².